The van der Waals surface area contributed by atoms with E-state index < -0.39 is 0 Å². The normalized spacial score (nSPS) is 14.5. The smallest absolute Gasteiger partial charge is 0.194 e. The fourth-order valence-corrected chi connectivity index (χ4v) is 3.19. The van der Waals surface area contributed by atoms with Gasteiger partial charge in [0.25, 0.3) is 0 Å². The maximum absolute atomic E-state index is 10.0. The minimum atomic E-state index is 0. The maximum atomic E-state index is 10.0. The fraction of sp³-hybridized carbons (Fsp3) is 0.350. The van der Waals surface area contributed by atoms with Crippen molar-refractivity contribution in [3.05, 3.63) is 54.1 Å². The molecule has 146 valence electrons. The van der Waals surface area contributed by atoms with Crippen molar-refractivity contribution in [1.29, 1.82) is 0 Å². The summed E-state index contributed by atoms with van der Waals surface area (Å²) in [5, 5.41) is 13.5. The van der Waals surface area contributed by atoms with Gasteiger partial charge < -0.3 is 25.0 Å². The number of benzene rings is 2. The molecule has 3 rings (SSSR count). The van der Waals surface area contributed by atoms with Crippen LogP contribution in [0.5, 0.6) is 11.5 Å². The van der Waals surface area contributed by atoms with Crippen LogP contribution in [0.2, 0.25) is 0 Å². The SMILES string of the molecule is CN=C(NCc1cccc(OC)c1)N1CCN(c2ccccc2O)CC1.I. The zero-order valence-electron chi connectivity index (χ0n) is 15.8. The summed E-state index contributed by atoms with van der Waals surface area (Å²) in [5.41, 5.74) is 2.05. The van der Waals surface area contributed by atoms with Gasteiger partial charge in [0, 0.05) is 39.8 Å². The van der Waals surface area contributed by atoms with Crippen LogP contribution in [-0.4, -0.2) is 56.3 Å². The van der Waals surface area contributed by atoms with E-state index in [1.165, 1.54) is 0 Å². The van der Waals surface area contributed by atoms with Crippen molar-refractivity contribution in [2.45, 2.75) is 6.54 Å². The second-order valence-electron chi connectivity index (χ2n) is 6.22. The number of rotatable bonds is 4. The van der Waals surface area contributed by atoms with E-state index in [9.17, 15) is 5.11 Å². The Balaban J connectivity index is 0.00000261. The van der Waals surface area contributed by atoms with Crippen molar-refractivity contribution in [2.24, 2.45) is 4.99 Å². The van der Waals surface area contributed by atoms with Gasteiger partial charge in [-0.05, 0) is 29.8 Å². The largest absolute Gasteiger partial charge is 0.506 e. The Hall–Kier alpha value is -2.16. The molecular formula is C20H27IN4O2. The van der Waals surface area contributed by atoms with Gasteiger partial charge in [0.1, 0.15) is 11.5 Å². The lowest BCUT2D eigenvalue weighted by atomic mass is 10.2. The summed E-state index contributed by atoms with van der Waals surface area (Å²) >= 11 is 0. The van der Waals surface area contributed by atoms with E-state index >= 15 is 0 Å². The third-order valence-corrected chi connectivity index (χ3v) is 4.60. The molecule has 0 radical (unpaired) electrons. The number of guanidine groups is 1. The number of methoxy groups -OCH3 is 1. The van der Waals surface area contributed by atoms with Crippen LogP contribution in [0.4, 0.5) is 5.69 Å². The number of para-hydroxylation sites is 2. The van der Waals surface area contributed by atoms with E-state index in [-0.39, 0.29) is 24.0 Å². The predicted molar refractivity (Wildman–Crippen MR) is 121 cm³/mol. The first-order valence-corrected chi connectivity index (χ1v) is 8.82. The molecule has 27 heavy (non-hydrogen) atoms. The first-order valence-electron chi connectivity index (χ1n) is 8.82. The van der Waals surface area contributed by atoms with E-state index in [4.69, 9.17) is 4.74 Å². The van der Waals surface area contributed by atoms with Gasteiger partial charge >= 0.3 is 0 Å². The van der Waals surface area contributed by atoms with Crippen molar-refractivity contribution in [2.75, 3.05) is 45.2 Å². The van der Waals surface area contributed by atoms with E-state index in [1.54, 1.807) is 13.2 Å². The highest BCUT2D eigenvalue weighted by atomic mass is 127. The minimum absolute atomic E-state index is 0. The lowest BCUT2D eigenvalue weighted by Gasteiger charge is -2.37. The molecule has 0 spiro atoms. The van der Waals surface area contributed by atoms with Gasteiger partial charge in [0.15, 0.2) is 5.96 Å². The second kappa shape index (κ2) is 10.2. The summed E-state index contributed by atoms with van der Waals surface area (Å²) in [7, 11) is 3.48. The highest BCUT2D eigenvalue weighted by Crippen LogP contribution is 2.27. The Morgan fingerprint density at radius 1 is 1.11 bits per heavy atom. The highest BCUT2D eigenvalue weighted by Gasteiger charge is 2.21. The van der Waals surface area contributed by atoms with E-state index in [2.05, 4.69) is 26.2 Å². The molecule has 0 aliphatic carbocycles. The zero-order valence-corrected chi connectivity index (χ0v) is 18.1. The molecule has 0 bridgehead atoms. The topological polar surface area (TPSA) is 60.3 Å². The van der Waals surface area contributed by atoms with Crippen LogP contribution < -0.4 is 15.0 Å². The Morgan fingerprint density at radius 2 is 1.85 bits per heavy atom. The number of anilines is 1. The average molecular weight is 482 g/mol. The van der Waals surface area contributed by atoms with Gasteiger partial charge in [0.05, 0.1) is 12.8 Å². The number of piperazine rings is 1. The molecule has 1 fully saturated rings. The van der Waals surface area contributed by atoms with Crippen molar-refractivity contribution in [1.82, 2.24) is 10.2 Å². The number of ether oxygens (including phenoxy) is 1. The first kappa shape index (κ1) is 21.1. The van der Waals surface area contributed by atoms with Crippen LogP contribution in [0.3, 0.4) is 0 Å². The summed E-state index contributed by atoms with van der Waals surface area (Å²) < 4.78 is 5.27. The molecule has 1 aliphatic heterocycles. The highest BCUT2D eigenvalue weighted by molar-refractivity contribution is 14.0. The van der Waals surface area contributed by atoms with Crippen LogP contribution in [0.1, 0.15) is 5.56 Å². The summed E-state index contributed by atoms with van der Waals surface area (Å²) in [4.78, 5) is 8.87. The van der Waals surface area contributed by atoms with Crippen LogP contribution in [0, 0.1) is 0 Å². The van der Waals surface area contributed by atoms with Crippen LogP contribution in [-0.2, 0) is 6.54 Å². The van der Waals surface area contributed by atoms with Crippen molar-refractivity contribution >= 4 is 35.6 Å². The lowest BCUT2D eigenvalue weighted by molar-refractivity contribution is 0.369. The Labute approximate surface area is 177 Å². The molecule has 0 saturated carbocycles. The second-order valence-corrected chi connectivity index (χ2v) is 6.22. The monoisotopic (exact) mass is 482 g/mol. The molecule has 2 aromatic rings. The van der Waals surface area contributed by atoms with Crippen molar-refractivity contribution in [3.63, 3.8) is 0 Å². The number of hydrogen-bond acceptors (Lipinski definition) is 4. The number of phenols is 1. The minimum Gasteiger partial charge on any atom is -0.506 e. The maximum Gasteiger partial charge on any atom is 0.194 e. The number of aliphatic imine (C=N–C) groups is 1. The first-order chi connectivity index (χ1) is 12.7. The molecule has 1 aliphatic rings. The number of hydrogen-bond donors (Lipinski definition) is 2. The Morgan fingerprint density at radius 3 is 2.52 bits per heavy atom. The standard InChI is InChI=1S/C20H26N4O2.HI/c1-21-20(22-15-16-6-5-7-17(14-16)26-2)24-12-10-23(11-13-24)18-8-3-4-9-19(18)25;/h3-9,14,25H,10-13,15H2,1-2H3,(H,21,22);1H. The van der Waals surface area contributed by atoms with E-state index in [1.807, 2.05) is 43.4 Å². The van der Waals surface area contributed by atoms with Gasteiger partial charge in [-0.25, -0.2) is 0 Å². The number of nitrogens with zero attached hydrogens (tertiary/aromatic N) is 3. The molecule has 2 aromatic carbocycles. The van der Waals surface area contributed by atoms with Gasteiger partial charge in [-0.3, -0.25) is 4.99 Å². The number of halogens is 1. The summed E-state index contributed by atoms with van der Waals surface area (Å²) in [5.74, 6) is 2.09. The number of phenolic OH excluding ortho intramolecular Hbond substituents is 1. The summed E-state index contributed by atoms with van der Waals surface area (Å²) in [6.45, 7) is 4.09. The quantitative estimate of drug-likeness (QED) is 0.399. The Kier molecular flexibility index (Phi) is 8.02. The van der Waals surface area contributed by atoms with Crippen molar-refractivity contribution < 1.29 is 9.84 Å². The molecule has 0 aromatic heterocycles. The van der Waals surface area contributed by atoms with Crippen LogP contribution in [0.25, 0.3) is 0 Å². The molecular weight excluding hydrogens is 455 g/mol. The van der Waals surface area contributed by atoms with Gasteiger partial charge in [-0.15, -0.1) is 24.0 Å². The van der Waals surface area contributed by atoms with Crippen LogP contribution in [0.15, 0.2) is 53.5 Å². The Bertz CT molecular complexity index is 761. The molecule has 0 amide bonds. The fourth-order valence-electron chi connectivity index (χ4n) is 3.19. The van der Waals surface area contributed by atoms with E-state index in [0.29, 0.717) is 12.3 Å². The predicted octanol–water partition coefficient (Wildman–Crippen LogP) is 2.92. The molecule has 0 atom stereocenters. The number of aromatic hydroxyl groups is 1. The average Bonchev–Trinajstić information content (AvgIpc) is 2.69. The molecule has 2 N–H and O–H groups in total. The summed E-state index contributed by atoms with van der Waals surface area (Å²) in [6.07, 6.45) is 0. The van der Waals surface area contributed by atoms with Gasteiger partial charge in [-0.2, -0.15) is 0 Å². The third-order valence-electron chi connectivity index (χ3n) is 4.60. The molecule has 1 heterocycles. The van der Waals surface area contributed by atoms with Gasteiger partial charge in [-0.1, -0.05) is 24.3 Å². The van der Waals surface area contributed by atoms with E-state index in [0.717, 1.165) is 49.1 Å². The molecule has 6 nitrogen and oxygen atoms in total. The summed E-state index contributed by atoms with van der Waals surface area (Å²) in [6, 6.07) is 15.5. The lowest BCUT2D eigenvalue weighted by Crippen LogP contribution is -2.52. The zero-order chi connectivity index (χ0) is 18.4. The van der Waals surface area contributed by atoms with Crippen molar-refractivity contribution in [3.8, 4) is 11.5 Å². The van der Waals surface area contributed by atoms with Crippen LogP contribution >= 0.6 is 24.0 Å². The molecule has 0 unspecified atom stereocenters. The van der Waals surface area contributed by atoms with Gasteiger partial charge in [0.2, 0.25) is 0 Å². The molecule has 7 heteroatoms. The number of nitrogens with one attached hydrogen (secondary N) is 1. The third kappa shape index (κ3) is 5.41. The molecule has 1 saturated heterocycles.